The minimum atomic E-state index is -0.259. The first-order valence-electron chi connectivity index (χ1n) is 5.79. The predicted molar refractivity (Wildman–Crippen MR) is 77.2 cm³/mol. The number of hydrogen-bond acceptors (Lipinski definition) is 5. The molecule has 0 bridgehead atoms. The maximum atomic E-state index is 11.6. The van der Waals surface area contributed by atoms with Crippen LogP contribution in [0.3, 0.4) is 0 Å². The van der Waals surface area contributed by atoms with Crippen LogP contribution in [-0.2, 0) is 14.3 Å². The second-order valence-electron chi connectivity index (χ2n) is 4.23. The molecule has 3 unspecified atom stereocenters. The Kier molecular flexibility index (Phi) is 4.37. The molecule has 102 valence electrons. The summed E-state index contributed by atoms with van der Waals surface area (Å²) >= 11 is 1.56. The molecule has 19 heavy (non-hydrogen) atoms. The lowest BCUT2D eigenvalue weighted by atomic mass is 10.1. The van der Waals surface area contributed by atoms with Crippen LogP contribution in [0.5, 0.6) is 0 Å². The number of esters is 1. The van der Waals surface area contributed by atoms with Crippen molar-refractivity contribution in [1.82, 2.24) is 0 Å². The van der Waals surface area contributed by atoms with Gasteiger partial charge in [0.25, 0.3) is 0 Å². The second kappa shape index (κ2) is 5.84. The van der Waals surface area contributed by atoms with Gasteiger partial charge < -0.3 is 9.47 Å². The van der Waals surface area contributed by atoms with Gasteiger partial charge in [0.2, 0.25) is 5.90 Å². The van der Waals surface area contributed by atoms with Crippen molar-refractivity contribution < 1.29 is 14.3 Å². The quantitative estimate of drug-likeness (QED) is 0.783. The number of methoxy groups -OCH3 is 1. The molecule has 1 aromatic rings. The number of ether oxygens (including phenoxy) is 2. The number of benzene rings is 1. The normalized spacial score (nSPS) is 27.8. The molecule has 2 aliphatic rings. The van der Waals surface area contributed by atoms with Gasteiger partial charge in [0.05, 0.1) is 7.11 Å². The average Bonchev–Trinajstić information content (AvgIpc) is 2.98. The van der Waals surface area contributed by atoms with E-state index in [0.29, 0.717) is 5.90 Å². The zero-order valence-electron chi connectivity index (χ0n) is 10.3. The summed E-state index contributed by atoms with van der Waals surface area (Å²) in [4.78, 5) is 16.2. The molecule has 1 fully saturated rings. The number of hydrogen-bond donors (Lipinski definition) is 0. The van der Waals surface area contributed by atoms with Gasteiger partial charge in [0, 0.05) is 11.3 Å². The van der Waals surface area contributed by atoms with Crippen molar-refractivity contribution in [2.45, 2.75) is 17.4 Å². The number of aliphatic imine (C=N–C) groups is 1. The molecule has 4 nitrogen and oxygen atoms in total. The van der Waals surface area contributed by atoms with Crippen LogP contribution in [0.1, 0.15) is 5.56 Å². The first kappa shape index (κ1) is 14.2. The molecule has 0 spiro atoms. The third-order valence-corrected chi connectivity index (χ3v) is 4.46. The monoisotopic (exact) mass is 299 g/mol. The zero-order chi connectivity index (χ0) is 12.5. The van der Waals surface area contributed by atoms with Crippen molar-refractivity contribution in [2.24, 2.45) is 4.99 Å². The molecule has 1 aromatic carbocycles. The molecule has 0 N–H and O–H groups in total. The fourth-order valence-corrected chi connectivity index (χ4v) is 3.52. The van der Waals surface area contributed by atoms with E-state index in [1.165, 1.54) is 7.11 Å². The largest absolute Gasteiger partial charge is 0.470 e. The summed E-state index contributed by atoms with van der Waals surface area (Å²) in [6.45, 7) is 0. The number of nitrogens with zero attached hydrogens (tertiary/aromatic N) is 1. The second-order valence-corrected chi connectivity index (χ2v) is 5.40. The highest BCUT2D eigenvalue weighted by atomic mass is 35.5. The first-order valence-corrected chi connectivity index (χ1v) is 6.84. The van der Waals surface area contributed by atoms with Gasteiger partial charge in [-0.15, -0.1) is 24.2 Å². The van der Waals surface area contributed by atoms with Crippen LogP contribution in [0, 0.1) is 0 Å². The predicted octanol–water partition coefficient (Wildman–Crippen LogP) is 1.91. The lowest BCUT2D eigenvalue weighted by Gasteiger charge is -2.15. The summed E-state index contributed by atoms with van der Waals surface area (Å²) in [5.41, 5.74) is 0.959. The maximum Gasteiger partial charge on any atom is 0.322 e. The number of carbonyl (C=O) groups excluding carboxylic acids is 1. The molecule has 2 aliphatic heterocycles. The molecule has 0 saturated carbocycles. The van der Waals surface area contributed by atoms with E-state index in [9.17, 15) is 4.79 Å². The highest BCUT2D eigenvalue weighted by Crippen LogP contribution is 2.36. The molecule has 6 heteroatoms. The van der Waals surface area contributed by atoms with Gasteiger partial charge in [0.15, 0.2) is 0 Å². The number of rotatable bonds is 2. The smallest absolute Gasteiger partial charge is 0.322 e. The molecule has 3 rings (SSSR count). The summed E-state index contributed by atoms with van der Waals surface area (Å²) in [5, 5.41) is -0.259. The van der Waals surface area contributed by atoms with Crippen molar-refractivity contribution in [3.8, 4) is 0 Å². The molecule has 0 amide bonds. The minimum absolute atomic E-state index is 0. The fraction of sp³-hybridized carbons (Fsp3) is 0.385. The lowest BCUT2D eigenvalue weighted by Crippen LogP contribution is -2.34. The van der Waals surface area contributed by atoms with Gasteiger partial charge >= 0.3 is 5.97 Å². The van der Waals surface area contributed by atoms with Crippen molar-refractivity contribution >= 4 is 36.0 Å². The molecule has 1 saturated heterocycles. The minimum Gasteiger partial charge on any atom is -0.470 e. The summed E-state index contributed by atoms with van der Waals surface area (Å²) in [6.07, 6.45) is -0.183. The summed E-state index contributed by atoms with van der Waals surface area (Å²) in [5.74, 6) is 1.22. The van der Waals surface area contributed by atoms with Crippen molar-refractivity contribution in [2.75, 3.05) is 12.9 Å². The SMILES string of the molecule is COC(=O)C1SCC2N=C(c3ccccc3)OC21.Cl. The third-order valence-electron chi connectivity index (χ3n) is 3.11. The van der Waals surface area contributed by atoms with Crippen LogP contribution in [0.2, 0.25) is 0 Å². The Labute approximate surface area is 122 Å². The number of fused-ring (bicyclic) bond motifs is 1. The van der Waals surface area contributed by atoms with Crippen LogP contribution in [0.25, 0.3) is 0 Å². The van der Waals surface area contributed by atoms with E-state index in [0.717, 1.165) is 11.3 Å². The van der Waals surface area contributed by atoms with Crippen LogP contribution < -0.4 is 0 Å². The molecule has 0 radical (unpaired) electrons. The Morgan fingerprint density at radius 3 is 2.84 bits per heavy atom. The molecular formula is C13H14ClNO3S. The highest BCUT2D eigenvalue weighted by molar-refractivity contribution is 8.01. The Balaban J connectivity index is 0.00000133. The van der Waals surface area contributed by atoms with Gasteiger partial charge in [0.1, 0.15) is 17.4 Å². The Morgan fingerprint density at radius 2 is 2.16 bits per heavy atom. The Hall–Kier alpha value is -1.20. The number of thioether (sulfide) groups is 1. The van der Waals surface area contributed by atoms with E-state index in [-0.39, 0.29) is 35.8 Å². The van der Waals surface area contributed by atoms with E-state index in [1.54, 1.807) is 11.8 Å². The van der Waals surface area contributed by atoms with E-state index < -0.39 is 0 Å². The molecule has 3 atom stereocenters. The summed E-state index contributed by atoms with van der Waals surface area (Å²) in [6, 6.07) is 9.83. The van der Waals surface area contributed by atoms with Crippen LogP contribution >= 0.6 is 24.2 Å². The lowest BCUT2D eigenvalue weighted by molar-refractivity contribution is -0.141. The van der Waals surface area contributed by atoms with Gasteiger partial charge in [-0.05, 0) is 12.1 Å². The fourth-order valence-electron chi connectivity index (χ4n) is 2.20. The summed E-state index contributed by atoms with van der Waals surface area (Å²) < 4.78 is 10.6. The summed E-state index contributed by atoms with van der Waals surface area (Å²) in [7, 11) is 1.41. The molecule has 0 aliphatic carbocycles. The van der Waals surface area contributed by atoms with E-state index >= 15 is 0 Å². The average molecular weight is 300 g/mol. The van der Waals surface area contributed by atoms with E-state index in [4.69, 9.17) is 9.47 Å². The third kappa shape index (κ3) is 2.58. The van der Waals surface area contributed by atoms with Gasteiger partial charge in [-0.2, -0.15) is 0 Å². The van der Waals surface area contributed by atoms with Crippen molar-refractivity contribution in [1.29, 1.82) is 0 Å². The Bertz CT molecular complexity index is 494. The number of halogens is 1. The van der Waals surface area contributed by atoms with Gasteiger partial charge in [-0.25, -0.2) is 4.99 Å². The standard InChI is InChI=1S/C13H13NO3S.ClH/c1-16-13(15)11-10-9(7-18-11)14-12(17-10)8-5-3-2-4-6-8;/h2-6,9-11H,7H2,1H3;1H. The van der Waals surface area contributed by atoms with Crippen molar-refractivity contribution in [3.63, 3.8) is 0 Å². The van der Waals surface area contributed by atoms with Gasteiger partial charge in [-0.3, -0.25) is 4.79 Å². The van der Waals surface area contributed by atoms with E-state index in [2.05, 4.69) is 4.99 Å². The number of carbonyl (C=O) groups is 1. The zero-order valence-corrected chi connectivity index (χ0v) is 11.9. The van der Waals surface area contributed by atoms with Crippen LogP contribution in [0.4, 0.5) is 0 Å². The first-order chi connectivity index (χ1) is 8.79. The van der Waals surface area contributed by atoms with E-state index in [1.807, 2.05) is 30.3 Å². The highest BCUT2D eigenvalue weighted by Gasteiger charge is 2.47. The topological polar surface area (TPSA) is 47.9 Å². The molecular weight excluding hydrogens is 286 g/mol. The Morgan fingerprint density at radius 1 is 1.42 bits per heavy atom. The van der Waals surface area contributed by atoms with Crippen molar-refractivity contribution in [3.05, 3.63) is 35.9 Å². The van der Waals surface area contributed by atoms with Gasteiger partial charge in [-0.1, -0.05) is 18.2 Å². The maximum absolute atomic E-state index is 11.6. The van der Waals surface area contributed by atoms with Crippen LogP contribution in [0.15, 0.2) is 35.3 Å². The molecule has 2 heterocycles. The van der Waals surface area contributed by atoms with Crippen LogP contribution in [-0.4, -0.2) is 42.1 Å². The molecule has 0 aromatic heterocycles.